The third kappa shape index (κ3) is 4.50. The molecule has 0 N–H and O–H groups in total. The molecular weight excluding hydrogens is 614 g/mol. The lowest BCUT2D eigenvalue weighted by atomic mass is 9.86. The Hall–Kier alpha value is -5.78. The molecule has 5 nitrogen and oxygen atoms in total. The summed E-state index contributed by atoms with van der Waals surface area (Å²) in [6, 6.07) is 32.5. The van der Waals surface area contributed by atoms with E-state index in [1.54, 1.807) is 6.08 Å². The zero-order valence-electron chi connectivity index (χ0n) is 26.3. The average molecular weight is 642 g/mol. The molecule has 0 amide bonds. The summed E-state index contributed by atoms with van der Waals surface area (Å²) in [6.07, 6.45) is 8.17. The van der Waals surface area contributed by atoms with Crippen molar-refractivity contribution in [2.24, 2.45) is 0 Å². The van der Waals surface area contributed by atoms with Gasteiger partial charge in [0.1, 0.15) is 16.7 Å². The maximum Gasteiger partial charge on any atom is 0.164 e. The van der Waals surface area contributed by atoms with Crippen LogP contribution in [-0.2, 0) is 5.41 Å². The van der Waals surface area contributed by atoms with Crippen molar-refractivity contribution in [2.75, 3.05) is 0 Å². The van der Waals surface area contributed by atoms with Gasteiger partial charge in [0.15, 0.2) is 23.1 Å². The third-order valence-corrected chi connectivity index (χ3v) is 9.49. The first-order chi connectivity index (χ1) is 23.4. The van der Waals surface area contributed by atoms with E-state index in [1.807, 2.05) is 72.8 Å². The number of fused-ring (bicyclic) bond motifs is 7. The van der Waals surface area contributed by atoms with Crippen LogP contribution in [0.15, 0.2) is 137 Å². The highest BCUT2D eigenvalue weighted by Gasteiger charge is 2.29. The quantitative estimate of drug-likeness (QED) is 0.175. The van der Waals surface area contributed by atoms with E-state index in [2.05, 4.69) is 62.9 Å². The number of para-hydroxylation sites is 2. The number of allylic oxidation sites excluding steroid dienone is 5. The molecule has 230 valence electrons. The first-order valence-electron chi connectivity index (χ1n) is 15.8. The van der Waals surface area contributed by atoms with Gasteiger partial charge in [-0.1, -0.05) is 111 Å². The lowest BCUT2D eigenvalue weighted by molar-refractivity contribution is 0.669. The van der Waals surface area contributed by atoms with Gasteiger partial charge in [-0.3, -0.25) is 0 Å². The zero-order valence-corrected chi connectivity index (χ0v) is 27.0. The molecule has 48 heavy (non-hydrogen) atoms. The number of hydrogen-bond donors (Lipinski definition) is 0. The molecule has 9 rings (SSSR count). The van der Waals surface area contributed by atoms with Crippen molar-refractivity contribution in [3.8, 4) is 34.2 Å². The van der Waals surface area contributed by atoms with E-state index in [0.717, 1.165) is 49.4 Å². The Kier molecular flexibility index (Phi) is 6.30. The van der Waals surface area contributed by atoms with E-state index in [-0.39, 0.29) is 5.41 Å². The second kappa shape index (κ2) is 10.6. The SMILES string of the molecule is C=C/C=C\C1=CC(C)(C)c2cc(-c3nc(-c4ccc5c(c4)oc4ccccc45)nc(-c4ccc5c(c4)oc4c(Cl)cccc45)n3)ccc21. The minimum absolute atomic E-state index is 0.162. The van der Waals surface area contributed by atoms with Crippen molar-refractivity contribution in [1.82, 2.24) is 15.0 Å². The van der Waals surface area contributed by atoms with Crippen LogP contribution in [0.25, 0.3) is 83.6 Å². The van der Waals surface area contributed by atoms with Gasteiger partial charge >= 0.3 is 0 Å². The molecule has 5 aromatic carbocycles. The van der Waals surface area contributed by atoms with Crippen LogP contribution >= 0.6 is 11.6 Å². The van der Waals surface area contributed by atoms with E-state index in [1.165, 1.54) is 16.7 Å². The number of benzene rings is 5. The van der Waals surface area contributed by atoms with Crippen LogP contribution in [0.1, 0.15) is 25.0 Å². The van der Waals surface area contributed by atoms with Gasteiger partial charge < -0.3 is 8.83 Å². The van der Waals surface area contributed by atoms with Gasteiger partial charge in [-0.25, -0.2) is 15.0 Å². The summed E-state index contributed by atoms with van der Waals surface area (Å²) in [5.74, 6) is 1.68. The van der Waals surface area contributed by atoms with E-state index >= 15 is 0 Å². The molecule has 0 saturated carbocycles. The largest absolute Gasteiger partial charge is 0.456 e. The van der Waals surface area contributed by atoms with Crippen LogP contribution in [-0.4, -0.2) is 15.0 Å². The Bertz CT molecular complexity index is 2690. The summed E-state index contributed by atoms with van der Waals surface area (Å²) in [5.41, 5.74) is 9.00. The summed E-state index contributed by atoms with van der Waals surface area (Å²) in [6.45, 7) is 8.30. The van der Waals surface area contributed by atoms with Gasteiger partial charge in [-0.15, -0.1) is 0 Å². The van der Waals surface area contributed by atoms with E-state index in [9.17, 15) is 0 Å². The smallest absolute Gasteiger partial charge is 0.164 e. The summed E-state index contributed by atoms with van der Waals surface area (Å²) in [5, 5.41) is 4.65. The predicted molar refractivity (Wildman–Crippen MR) is 196 cm³/mol. The van der Waals surface area contributed by atoms with Crippen LogP contribution in [0.2, 0.25) is 5.02 Å². The van der Waals surface area contributed by atoms with Crippen molar-refractivity contribution in [3.05, 3.63) is 144 Å². The topological polar surface area (TPSA) is 65.0 Å². The fourth-order valence-corrected chi connectivity index (χ4v) is 7.07. The van der Waals surface area contributed by atoms with Crippen LogP contribution in [0.5, 0.6) is 0 Å². The van der Waals surface area contributed by atoms with Gasteiger partial charge in [-0.2, -0.15) is 0 Å². The molecule has 0 fully saturated rings. The predicted octanol–water partition coefficient (Wildman–Crippen LogP) is 11.7. The van der Waals surface area contributed by atoms with Crippen LogP contribution < -0.4 is 0 Å². The lowest BCUT2D eigenvalue weighted by Crippen LogP contribution is -2.11. The van der Waals surface area contributed by atoms with Crippen molar-refractivity contribution in [1.29, 1.82) is 0 Å². The molecule has 3 heterocycles. The molecule has 0 atom stereocenters. The molecule has 0 saturated heterocycles. The molecule has 0 radical (unpaired) electrons. The fraction of sp³-hybridized carbons (Fsp3) is 0.0714. The van der Waals surface area contributed by atoms with Gasteiger partial charge in [0.2, 0.25) is 0 Å². The summed E-state index contributed by atoms with van der Waals surface area (Å²) >= 11 is 6.48. The number of halogens is 1. The minimum atomic E-state index is -0.162. The number of aromatic nitrogens is 3. The van der Waals surface area contributed by atoms with E-state index < -0.39 is 0 Å². The third-order valence-electron chi connectivity index (χ3n) is 9.19. The van der Waals surface area contributed by atoms with Crippen LogP contribution in [0, 0.1) is 0 Å². The van der Waals surface area contributed by atoms with E-state index in [0.29, 0.717) is 33.7 Å². The van der Waals surface area contributed by atoms with Crippen molar-refractivity contribution in [3.63, 3.8) is 0 Å². The highest BCUT2D eigenvalue weighted by Crippen LogP contribution is 2.43. The van der Waals surface area contributed by atoms with Crippen molar-refractivity contribution >= 4 is 61.1 Å². The number of nitrogens with zero attached hydrogens (tertiary/aromatic N) is 3. The second-order valence-corrected chi connectivity index (χ2v) is 13.1. The molecule has 8 aromatic rings. The molecule has 6 heteroatoms. The normalized spacial score (nSPS) is 14.0. The Labute approximate surface area is 281 Å². The maximum absolute atomic E-state index is 6.48. The average Bonchev–Trinajstić information content (AvgIpc) is 3.75. The fourth-order valence-electron chi connectivity index (χ4n) is 6.85. The first-order valence-corrected chi connectivity index (χ1v) is 16.2. The molecule has 0 aliphatic heterocycles. The molecular formula is C42H28ClN3O2. The molecule has 1 aliphatic carbocycles. The molecule has 3 aromatic heterocycles. The lowest BCUT2D eigenvalue weighted by Gasteiger charge is -2.18. The monoisotopic (exact) mass is 641 g/mol. The second-order valence-electron chi connectivity index (χ2n) is 12.7. The summed E-state index contributed by atoms with van der Waals surface area (Å²) in [7, 11) is 0. The zero-order chi connectivity index (χ0) is 32.6. The van der Waals surface area contributed by atoms with Gasteiger partial charge in [0.05, 0.1) is 5.02 Å². The van der Waals surface area contributed by atoms with E-state index in [4.69, 9.17) is 35.4 Å². The van der Waals surface area contributed by atoms with Crippen LogP contribution in [0.4, 0.5) is 0 Å². The highest BCUT2D eigenvalue weighted by atomic mass is 35.5. The van der Waals surface area contributed by atoms with Gasteiger partial charge in [0.25, 0.3) is 0 Å². The maximum atomic E-state index is 6.48. The van der Waals surface area contributed by atoms with Gasteiger partial charge in [0, 0.05) is 43.7 Å². The van der Waals surface area contributed by atoms with Crippen LogP contribution in [0.3, 0.4) is 0 Å². The Morgan fingerprint density at radius 1 is 0.646 bits per heavy atom. The Morgan fingerprint density at radius 3 is 1.98 bits per heavy atom. The summed E-state index contributed by atoms with van der Waals surface area (Å²) in [4.78, 5) is 15.1. The first kappa shape index (κ1) is 28.4. The summed E-state index contributed by atoms with van der Waals surface area (Å²) < 4.78 is 12.5. The molecule has 0 unspecified atom stereocenters. The Balaban J connectivity index is 1.23. The number of rotatable bonds is 5. The molecule has 0 bridgehead atoms. The number of furan rings is 2. The minimum Gasteiger partial charge on any atom is -0.456 e. The van der Waals surface area contributed by atoms with Crippen molar-refractivity contribution < 1.29 is 8.83 Å². The van der Waals surface area contributed by atoms with Gasteiger partial charge in [-0.05, 0) is 59.2 Å². The van der Waals surface area contributed by atoms with Crippen molar-refractivity contribution in [2.45, 2.75) is 19.3 Å². The molecule has 0 spiro atoms. The Morgan fingerprint density at radius 2 is 1.25 bits per heavy atom. The highest BCUT2D eigenvalue weighted by molar-refractivity contribution is 6.35. The molecule has 1 aliphatic rings. The standard InChI is InChI=1S/C42H28ClN3O2/c1-4-5-9-27-23-42(2,3)33-20-24(14-17-28(27)33)39-44-40(25-15-18-30-29-10-6-7-13-35(29)47-36(30)21-25)46-41(45-39)26-16-19-31-32-11-8-12-34(43)38(32)48-37(31)22-26/h4-23H,1H2,2-3H3/b9-5-. The number of hydrogen-bond acceptors (Lipinski definition) is 5.